The highest BCUT2D eigenvalue weighted by Crippen LogP contribution is 2.06. The molecule has 0 aliphatic rings. The molecule has 0 aliphatic heterocycles. The molecule has 19 heteroatoms. The van der Waals surface area contributed by atoms with Crippen molar-refractivity contribution in [3.8, 4) is 0 Å². The van der Waals surface area contributed by atoms with Crippen molar-refractivity contribution in [2.45, 2.75) is 69.1 Å². The third-order valence-electron chi connectivity index (χ3n) is 5.19. The average molecular weight is 574 g/mol. The number of nitrogens with two attached hydrogens (primary N) is 6. The Labute approximate surface area is 229 Å². The largest absolute Gasteiger partial charge is 0.481 e. The minimum atomic E-state index is -1.66. The summed E-state index contributed by atoms with van der Waals surface area (Å²) in [4.78, 5) is 79.7. The van der Waals surface area contributed by atoms with Gasteiger partial charge in [0, 0.05) is 19.5 Å². The summed E-state index contributed by atoms with van der Waals surface area (Å²) in [6.45, 7) is 0.172. The molecule has 4 unspecified atom stereocenters. The van der Waals surface area contributed by atoms with Crippen molar-refractivity contribution < 1.29 is 39.0 Å². The molecule has 17 N–H and O–H groups in total. The quantitative estimate of drug-likeness (QED) is 0.0368. The summed E-state index contributed by atoms with van der Waals surface area (Å²) in [5.41, 5.74) is 31.7. The Hall–Kier alpha value is -4.68. The smallest absolute Gasteiger partial charge is 0.326 e. The Kier molecular flexibility index (Phi) is 16.4. The van der Waals surface area contributed by atoms with Gasteiger partial charge >= 0.3 is 11.9 Å². The van der Waals surface area contributed by atoms with E-state index in [2.05, 4.69) is 25.9 Å². The number of carbonyl (C=O) groups excluding carboxylic acids is 4. The van der Waals surface area contributed by atoms with Crippen LogP contribution in [0.15, 0.2) is 9.98 Å². The fraction of sp³-hybridized carbons (Fsp3) is 0.619. The van der Waals surface area contributed by atoms with E-state index in [0.717, 1.165) is 0 Å². The SMILES string of the molecule is NC(=O)CCC(N)C(=O)NC(CC(=O)O)C(=O)NC(CCCN=C(N)N)C(=O)NC(CCCN=C(N)N)C(=O)O. The molecule has 19 nitrogen and oxygen atoms in total. The fourth-order valence-corrected chi connectivity index (χ4v) is 3.17. The molecule has 0 aromatic carbocycles. The first-order valence-electron chi connectivity index (χ1n) is 12.1. The van der Waals surface area contributed by atoms with Gasteiger partial charge in [0.15, 0.2) is 11.9 Å². The van der Waals surface area contributed by atoms with Crippen LogP contribution in [0.1, 0.15) is 44.9 Å². The van der Waals surface area contributed by atoms with E-state index in [1.807, 2.05) is 0 Å². The number of hydrogen-bond acceptors (Lipinski definition) is 9. The maximum Gasteiger partial charge on any atom is 0.326 e. The molecule has 0 saturated heterocycles. The topological polar surface area (TPSA) is 360 Å². The van der Waals surface area contributed by atoms with Crippen LogP contribution >= 0.6 is 0 Å². The maximum atomic E-state index is 13.0. The van der Waals surface area contributed by atoms with Crippen LogP contribution in [0.2, 0.25) is 0 Å². The van der Waals surface area contributed by atoms with Crippen LogP contribution in [0.4, 0.5) is 0 Å². The summed E-state index contributed by atoms with van der Waals surface area (Å²) in [5, 5.41) is 25.5. The molecule has 4 atom stereocenters. The van der Waals surface area contributed by atoms with Gasteiger partial charge in [0.2, 0.25) is 23.6 Å². The number of carbonyl (C=O) groups is 6. The first kappa shape index (κ1) is 35.3. The lowest BCUT2D eigenvalue weighted by molar-refractivity contribution is -0.143. The van der Waals surface area contributed by atoms with E-state index in [4.69, 9.17) is 34.4 Å². The predicted molar refractivity (Wildman–Crippen MR) is 142 cm³/mol. The summed E-state index contributed by atoms with van der Waals surface area (Å²) in [6, 6.07) is -5.66. The highest BCUT2D eigenvalue weighted by Gasteiger charge is 2.31. The molecule has 40 heavy (non-hydrogen) atoms. The Balaban J connectivity index is 5.66. The van der Waals surface area contributed by atoms with Crippen molar-refractivity contribution in [3.05, 3.63) is 0 Å². The second-order valence-corrected chi connectivity index (χ2v) is 8.63. The Morgan fingerprint density at radius 2 is 1.10 bits per heavy atom. The Bertz CT molecular complexity index is 964. The second-order valence-electron chi connectivity index (χ2n) is 8.63. The number of carboxylic acid groups (broad SMARTS) is 2. The van der Waals surface area contributed by atoms with Gasteiger partial charge in [-0.25, -0.2) is 4.79 Å². The number of aliphatic imine (C=N–C) groups is 2. The third-order valence-corrected chi connectivity index (χ3v) is 5.19. The zero-order valence-corrected chi connectivity index (χ0v) is 21.9. The molecular weight excluding hydrogens is 534 g/mol. The van der Waals surface area contributed by atoms with Gasteiger partial charge in [-0.15, -0.1) is 0 Å². The zero-order chi connectivity index (χ0) is 30.8. The van der Waals surface area contributed by atoms with Crippen molar-refractivity contribution in [2.24, 2.45) is 44.4 Å². The lowest BCUT2D eigenvalue weighted by atomic mass is 10.1. The van der Waals surface area contributed by atoms with Gasteiger partial charge in [-0.3, -0.25) is 34.0 Å². The molecule has 0 spiro atoms. The van der Waals surface area contributed by atoms with Gasteiger partial charge < -0.3 is 60.6 Å². The molecule has 0 rings (SSSR count). The average Bonchev–Trinajstić information content (AvgIpc) is 2.84. The minimum Gasteiger partial charge on any atom is -0.481 e. The fourth-order valence-electron chi connectivity index (χ4n) is 3.17. The molecule has 4 amide bonds. The van der Waals surface area contributed by atoms with E-state index >= 15 is 0 Å². The molecule has 0 bridgehead atoms. The van der Waals surface area contributed by atoms with Crippen LogP contribution in [0, 0.1) is 0 Å². The second kappa shape index (κ2) is 18.6. The number of carboxylic acids is 2. The van der Waals surface area contributed by atoms with Crippen LogP contribution in [0.25, 0.3) is 0 Å². The lowest BCUT2D eigenvalue weighted by Crippen LogP contribution is -2.57. The number of primary amides is 1. The monoisotopic (exact) mass is 573 g/mol. The minimum absolute atomic E-state index is 0.0482. The standard InChI is InChI=1S/C21H39N11O8/c22-10(5-6-14(23)33)16(36)32-13(9-15(34)35)18(38)30-11(3-1-7-28-20(24)25)17(37)31-12(19(39)40)4-2-8-29-21(26)27/h10-13H,1-9,22H2,(H2,23,33)(H,30,38)(H,31,37)(H,32,36)(H,34,35)(H,39,40)(H4,24,25,28)(H4,26,27,29). The number of guanidine groups is 2. The maximum absolute atomic E-state index is 13.0. The van der Waals surface area contributed by atoms with Crippen LogP contribution in [-0.2, 0) is 28.8 Å². The van der Waals surface area contributed by atoms with Crippen LogP contribution in [0.3, 0.4) is 0 Å². The van der Waals surface area contributed by atoms with Gasteiger partial charge in [0.1, 0.15) is 18.1 Å². The van der Waals surface area contributed by atoms with E-state index < -0.39 is 66.2 Å². The number of hydrogen-bond donors (Lipinski definition) is 11. The van der Waals surface area contributed by atoms with Crippen molar-refractivity contribution >= 4 is 47.5 Å². The summed E-state index contributed by atoms with van der Waals surface area (Å²) in [6.07, 6.45) is -1.01. The van der Waals surface area contributed by atoms with Crippen LogP contribution in [-0.4, -0.2) is 95.0 Å². The number of aliphatic carboxylic acids is 2. The van der Waals surface area contributed by atoms with E-state index in [0.29, 0.717) is 0 Å². The molecule has 0 aromatic heterocycles. The predicted octanol–water partition coefficient (Wildman–Crippen LogP) is -5.30. The van der Waals surface area contributed by atoms with Gasteiger partial charge in [0.25, 0.3) is 0 Å². The Morgan fingerprint density at radius 1 is 0.650 bits per heavy atom. The normalized spacial score (nSPS) is 13.4. The van der Waals surface area contributed by atoms with E-state index in [1.165, 1.54) is 0 Å². The molecule has 0 aliphatic carbocycles. The number of rotatable bonds is 20. The first-order valence-corrected chi connectivity index (χ1v) is 12.1. The highest BCUT2D eigenvalue weighted by atomic mass is 16.4. The first-order chi connectivity index (χ1) is 18.6. The molecular formula is C21H39N11O8. The molecule has 0 aromatic rings. The molecule has 0 saturated carbocycles. The number of nitrogens with zero attached hydrogens (tertiary/aromatic N) is 2. The van der Waals surface area contributed by atoms with Crippen molar-refractivity contribution in [1.82, 2.24) is 16.0 Å². The zero-order valence-electron chi connectivity index (χ0n) is 21.9. The van der Waals surface area contributed by atoms with E-state index in [-0.39, 0.29) is 63.5 Å². The lowest BCUT2D eigenvalue weighted by Gasteiger charge is -2.24. The summed E-state index contributed by atoms with van der Waals surface area (Å²) in [7, 11) is 0. The van der Waals surface area contributed by atoms with Crippen LogP contribution < -0.4 is 50.4 Å². The third kappa shape index (κ3) is 16.2. The van der Waals surface area contributed by atoms with Crippen molar-refractivity contribution in [1.29, 1.82) is 0 Å². The molecule has 0 radical (unpaired) electrons. The van der Waals surface area contributed by atoms with Crippen molar-refractivity contribution in [3.63, 3.8) is 0 Å². The number of nitrogens with one attached hydrogen (secondary N) is 3. The Morgan fingerprint density at radius 3 is 1.55 bits per heavy atom. The summed E-state index contributed by atoms with van der Waals surface area (Å²) in [5.74, 6) is -6.80. The molecule has 0 fully saturated rings. The van der Waals surface area contributed by atoms with Crippen molar-refractivity contribution in [2.75, 3.05) is 13.1 Å². The summed E-state index contributed by atoms with van der Waals surface area (Å²) < 4.78 is 0. The highest BCUT2D eigenvalue weighted by molar-refractivity contribution is 5.95. The summed E-state index contributed by atoms with van der Waals surface area (Å²) >= 11 is 0. The molecule has 226 valence electrons. The number of amides is 4. The van der Waals surface area contributed by atoms with Gasteiger partial charge in [-0.2, -0.15) is 0 Å². The van der Waals surface area contributed by atoms with Gasteiger partial charge in [-0.1, -0.05) is 0 Å². The van der Waals surface area contributed by atoms with Crippen LogP contribution in [0.5, 0.6) is 0 Å². The molecule has 0 heterocycles. The van der Waals surface area contributed by atoms with Gasteiger partial charge in [-0.05, 0) is 32.1 Å². The van der Waals surface area contributed by atoms with E-state index in [1.54, 1.807) is 0 Å². The van der Waals surface area contributed by atoms with Gasteiger partial charge in [0.05, 0.1) is 12.5 Å². The van der Waals surface area contributed by atoms with E-state index in [9.17, 15) is 39.0 Å².